The molecule has 0 saturated heterocycles. The zero-order valence-electron chi connectivity index (χ0n) is 18.4. The Labute approximate surface area is 200 Å². The van der Waals surface area contributed by atoms with Crippen LogP contribution in [0.5, 0.6) is 11.5 Å². The van der Waals surface area contributed by atoms with Gasteiger partial charge in [0.25, 0.3) is 0 Å². The van der Waals surface area contributed by atoms with Gasteiger partial charge in [0.2, 0.25) is 5.91 Å². The van der Waals surface area contributed by atoms with E-state index in [2.05, 4.69) is 16.0 Å². The maximum atomic E-state index is 13.5. The molecule has 1 atom stereocenters. The minimum Gasteiger partial charge on any atom is -0.493 e. The van der Waals surface area contributed by atoms with E-state index in [1.54, 1.807) is 31.8 Å². The first-order valence-electron chi connectivity index (χ1n) is 10.6. The van der Waals surface area contributed by atoms with Crippen LogP contribution < -0.4 is 9.47 Å². The van der Waals surface area contributed by atoms with Gasteiger partial charge < -0.3 is 14.4 Å². The Morgan fingerprint density at radius 1 is 1.12 bits per heavy atom. The third-order valence-corrected chi connectivity index (χ3v) is 7.61. The first kappa shape index (κ1) is 21.6. The summed E-state index contributed by atoms with van der Waals surface area (Å²) in [6.45, 7) is 0.640. The van der Waals surface area contributed by atoms with E-state index >= 15 is 0 Å². The number of carbonyl (C=O) groups excluding carboxylic acids is 1. The highest BCUT2D eigenvalue weighted by Crippen LogP contribution is 2.42. The van der Waals surface area contributed by atoms with Gasteiger partial charge in [0.15, 0.2) is 11.5 Å². The van der Waals surface area contributed by atoms with Gasteiger partial charge in [-0.3, -0.25) is 9.78 Å². The van der Waals surface area contributed by atoms with Crippen molar-refractivity contribution >= 4 is 28.6 Å². The van der Waals surface area contributed by atoms with Crippen LogP contribution in [-0.2, 0) is 17.6 Å². The molecule has 1 amide bonds. The predicted octanol–water partition coefficient (Wildman–Crippen LogP) is 5.00. The summed E-state index contributed by atoms with van der Waals surface area (Å²) in [4.78, 5) is 25.7. The molecule has 33 heavy (non-hydrogen) atoms. The van der Waals surface area contributed by atoms with E-state index < -0.39 is 0 Å². The second-order valence-corrected chi connectivity index (χ2v) is 9.53. The first-order valence-corrected chi connectivity index (χ1v) is 12.4. The highest BCUT2D eigenvalue weighted by Gasteiger charge is 2.34. The lowest BCUT2D eigenvalue weighted by Crippen LogP contribution is -2.41. The van der Waals surface area contributed by atoms with Gasteiger partial charge in [-0.05, 0) is 53.3 Å². The summed E-state index contributed by atoms with van der Waals surface area (Å²) in [6, 6.07) is 13.8. The molecule has 5 rings (SSSR count). The fraction of sp³-hybridized carbons (Fsp3) is 0.240. The van der Waals surface area contributed by atoms with Crippen LogP contribution in [0.15, 0.2) is 59.4 Å². The van der Waals surface area contributed by atoms with Crippen molar-refractivity contribution in [2.75, 3.05) is 20.8 Å². The van der Waals surface area contributed by atoms with Crippen molar-refractivity contribution in [3.63, 3.8) is 0 Å². The van der Waals surface area contributed by atoms with Crippen LogP contribution in [-0.4, -0.2) is 41.5 Å². The van der Waals surface area contributed by atoms with Crippen molar-refractivity contribution in [1.29, 1.82) is 0 Å². The van der Waals surface area contributed by atoms with Crippen molar-refractivity contribution in [1.82, 2.24) is 14.9 Å². The Bertz CT molecular complexity index is 1260. The zero-order chi connectivity index (χ0) is 22.8. The van der Waals surface area contributed by atoms with Gasteiger partial charge in [-0.2, -0.15) is 0 Å². The van der Waals surface area contributed by atoms with Crippen LogP contribution in [0, 0.1) is 0 Å². The Morgan fingerprint density at radius 2 is 1.97 bits per heavy atom. The van der Waals surface area contributed by atoms with E-state index in [1.165, 1.54) is 16.9 Å². The third-order valence-electron chi connectivity index (χ3n) is 5.77. The molecule has 0 fully saturated rings. The number of hydrogen-bond donors (Lipinski definition) is 0. The number of rotatable bonds is 6. The molecule has 6 nitrogen and oxygen atoms in total. The maximum Gasteiger partial charge on any atom is 0.229 e. The number of fused-ring (bicyclic) bond motifs is 1. The largest absolute Gasteiger partial charge is 0.493 e. The molecule has 0 saturated carbocycles. The van der Waals surface area contributed by atoms with E-state index in [0.717, 1.165) is 33.3 Å². The molecular formula is C25H23N3O3S2. The highest BCUT2D eigenvalue weighted by molar-refractivity contribution is 7.13. The molecule has 4 aromatic rings. The molecular weight excluding hydrogens is 454 g/mol. The number of benzene rings is 1. The summed E-state index contributed by atoms with van der Waals surface area (Å²) >= 11 is 3.17. The Hall–Kier alpha value is -3.23. The SMILES string of the molecule is COc1cc2c(cc1OC)C(c1cccs1)N(C(=O)Cc1csc(-c3ccccn3)n1)CC2. The average Bonchev–Trinajstić information content (AvgIpc) is 3.55. The highest BCUT2D eigenvalue weighted by atomic mass is 32.1. The molecule has 0 radical (unpaired) electrons. The zero-order valence-corrected chi connectivity index (χ0v) is 20.0. The first-order chi connectivity index (χ1) is 16.2. The van der Waals surface area contributed by atoms with E-state index in [4.69, 9.17) is 9.47 Å². The Morgan fingerprint density at radius 3 is 2.70 bits per heavy atom. The van der Waals surface area contributed by atoms with Gasteiger partial charge in [-0.25, -0.2) is 4.98 Å². The number of ether oxygens (including phenoxy) is 2. The average molecular weight is 478 g/mol. The number of hydrogen-bond acceptors (Lipinski definition) is 7. The molecule has 1 aliphatic rings. The van der Waals surface area contributed by atoms with Crippen molar-refractivity contribution in [3.8, 4) is 22.2 Å². The number of thiazole rings is 1. The van der Waals surface area contributed by atoms with Gasteiger partial charge in [0.1, 0.15) is 5.01 Å². The van der Waals surface area contributed by atoms with E-state index in [-0.39, 0.29) is 18.4 Å². The Kier molecular flexibility index (Phi) is 6.11. The van der Waals surface area contributed by atoms with E-state index in [9.17, 15) is 4.79 Å². The van der Waals surface area contributed by atoms with Gasteiger partial charge in [-0.1, -0.05) is 12.1 Å². The van der Waals surface area contributed by atoms with Crippen LogP contribution in [0.25, 0.3) is 10.7 Å². The molecule has 0 spiro atoms. The number of thiophene rings is 1. The lowest BCUT2D eigenvalue weighted by molar-refractivity contribution is -0.132. The fourth-order valence-electron chi connectivity index (χ4n) is 4.22. The second-order valence-electron chi connectivity index (χ2n) is 7.70. The molecule has 1 unspecified atom stereocenters. The number of nitrogens with zero attached hydrogens (tertiary/aromatic N) is 3. The molecule has 4 heterocycles. The molecule has 3 aromatic heterocycles. The number of amides is 1. The fourth-order valence-corrected chi connectivity index (χ4v) is 5.87. The van der Waals surface area contributed by atoms with Crippen LogP contribution in [0.3, 0.4) is 0 Å². The van der Waals surface area contributed by atoms with Crippen molar-refractivity contribution < 1.29 is 14.3 Å². The minimum atomic E-state index is -0.157. The van der Waals surface area contributed by atoms with Crippen LogP contribution in [0.4, 0.5) is 0 Å². The summed E-state index contributed by atoms with van der Waals surface area (Å²) in [5, 5.41) is 4.83. The molecule has 0 N–H and O–H groups in total. The third kappa shape index (κ3) is 4.24. The summed E-state index contributed by atoms with van der Waals surface area (Å²) < 4.78 is 11.1. The number of methoxy groups -OCH3 is 2. The van der Waals surface area contributed by atoms with Crippen molar-refractivity contribution in [3.05, 3.63) is 81.1 Å². The van der Waals surface area contributed by atoms with Crippen molar-refractivity contribution in [2.24, 2.45) is 0 Å². The van der Waals surface area contributed by atoms with Crippen molar-refractivity contribution in [2.45, 2.75) is 18.9 Å². The molecule has 1 aliphatic heterocycles. The van der Waals surface area contributed by atoms with Crippen LogP contribution >= 0.6 is 22.7 Å². The van der Waals surface area contributed by atoms with Crippen LogP contribution in [0.1, 0.15) is 27.7 Å². The minimum absolute atomic E-state index is 0.0618. The normalized spacial score (nSPS) is 15.2. The number of carbonyl (C=O) groups is 1. The van der Waals surface area contributed by atoms with E-state index in [0.29, 0.717) is 18.0 Å². The predicted molar refractivity (Wildman–Crippen MR) is 130 cm³/mol. The molecule has 0 aliphatic carbocycles. The molecule has 8 heteroatoms. The van der Waals surface area contributed by atoms with Gasteiger partial charge >= 0.3 is 0 Å². The molecule has 168 valence electrons. The lowest BCUT2D eigenvalue weighted by atomic mass is 9.90. The summed E-state index contributed by atoms with van der Waals surface area (Å²) in [7, 11) is 3.28. The Balaban J connectivity index is 1.45. The molecule has 0 bridgehead atoms. The second kappa shape index (κ2) is 9.33. The van der Waals surface area contributed by atoms with Crippen LogP contribution in [0.2, 0.25) is 0 Å². The summed E-state index contributed by atoms with van der Waals surface area (Å²) in [6.07, 6.45) is 2.77. The number of pyridine rings is 1. The topological polar surface area (TPSA) is 64.6 Å². The summed E-state index contributed by atoms with van der Waals surface area (Å²) in [5.74, 6) is 1.45. The lowest BCUT2D eigenvalue weighted by Gasteiger charge is -2.37. The van der Waals surface area contributed by atoms with Gasteiger partial charge in [0.05, 0.1) is 38.1 Å². The smallest absolute Gasteiger partial charge is 0.229 e. The summed E-state index contributed by atoms with van der Waals surface area (Å²) in [5.41, 5.74) is 3.86. The monoisotopic (exact) mass is 477 g/mol. The molecule has 1 aromatic carbocycles. The number of aromatic nitrogens is 2. The maximum absolute atomic E-state index is 13.5. The van der Waals surface area contributed by atoms with E-state index in [1.807, 2.05) is 52.1 Å². The quantitative estimate of drug-likeness (QED) is 0.391. The van der Waals surface area contributed by atoms with Gasteiger partial charge in [0, 0.05) is 23.0 Å². The van der Waals surface area contributed by atoms with Gasteiger partial charge in [-0.15, -0.1) is 22.7 Å². The standard InChI is InChI=1S/C25H23N3O3S2/c1-30-20-12-16-8-10-28(24(22-7-5-11-32-22)18(16)14-21(20)31-2)23(29)13-17-15-33-25(27-17)19-6-3-4-9-26-19/h3-7,9,11-12,14-15,24H,8,10,13H2,1-2H3.